The Kier molecular flexibility index (Phi) is 3.11. The van der Waals surface area contributed by atoms with Gasteiger partial charge < -0.3 is 4.74 Å². The molecule has 82 valence electrons. The Morgan fingerprint density at radius 3 is 2.31 bits per heavy atom. The molecule has 0 aliphatic heterocycles. The maximum atomic E-state index is 5.80. The second kappa shape index (κ2) is 4.54. The second-order valence-electron chi connectivity index (χ2n) is 3.59. The van der Waals surface area contributed by atoms with Crippen LogP contribution in [0.1, 0.15) is 11.4 Å². The average Bonchev–Trinajstić information content (AvgIpc) is 2.25. The molecule has 1 aromatic heterocycles. The molecule has 0 saturated heterocycles. The van der Waals surface area contributed by atoms with Crippen LogP contribution in [0.2, 0.25) is 5.02 Å². The Labute approximate surface area is 99.9 Å². The fraction of sp³-hybridized carbons (Fsp3) is 0.154. The summed E-state index contributed by atoms with van der Waals surface area (Å²) in [5.41, 5.74) is 1.87. The largest absolute Gasteiger partial charge is 0.455 e. The zero-order chi connectivity index (χ0) is 11.5. The minimum absolute atomic E-state index is 0.700. The van der Waals surface area contributed by atoms with Gasteiger partial charge in [0.05, 0.1) is 5.69 Å². The van der Waals surface area contributed by atoms with E-state index in [-0.39, 0.29) is 0 Å². The summed E-state index contributed by atoms with van der Waals surface area (Å²) >= 11 is 5.80. The van der Waals surface area contributed by atoms with Crippen LogP contribution in [0.15, 0.2) is 36.4 Å². The Hall–Kier alpha value is -1.54. The van der Waals surface area contributed by atoms with Gasteiger partial charge in [-0.25, -0.2) is 0 Å². The van der Waals surface area contributed by atoms with Crippen LogP contribution in [0.5, 0.6) is 11.5 Å². The molecule has 2 nitrogen and oxygen atoms in total. The van der Waals surface area contributed by atoms with Crippen molar-refractivity contribution in [1.29, 1.82) is 0 Å². The third-order valence-corrected chi connectivity index (χ3v) is 2.47. The van der Waals surface area contributed by atoms with Crippen molar-refractivity contribution >= 4 is 11.6 Å². The molecule has 0 aliphatic carbocycles. The summed E-state index contributed by atoms with van der Waals surface area (Å²) in [5.74, 6) is 1.53. The van der Waals surface area contributed by atoms with Crippen molar-refractivity contribution in [2.75, 3.05) is 0 Å². The molecule has 0 bridgehead atoms. The summed E-state index contributed by atoms with van der Waals surface area (Å²) in [6.45, 7) is 3.89. The number of pyridine rings is 1. The van der Waals surface area contributed by atoms with E-state index in [1.807, 2.05) is 38.1 Å². The highest BCUT2D eigenvalue weighted by Gasteiger charge is 2.02. The van der Waals surface area contributed by atoms with Crippen molar-refractivity contribution in [1.82, 2.24) is 4.98 Å². The van der Waals surface area contributed by atoms with Gasteiger partial charge in [0.25, 0.3) is 0 Å². The SMILES string of the molecule is Cc1ccc(Oc2ccc(Cl)cc2)c(C)n1. The van der Waals surface area contributed by atoms with Gasteiger partial charge in [-0.2, -0.15) is 0 Å². The molecule has 0 radical (unpaired) electrons. The van der Waals surface area contributed by atoms with Crippen LogP contribution in [0.3, 0.4) is 0 Å². The van der Waals surface area contributed by atoms with Crippen molar-refractivity contribution in [3.63, 3.8) is 0 Å². The lowest BCUT2D eigenvalue weighted by atomic mass is 10.3. The molecule has 0 spiro atoms. The monoisotopic (exact) mass is 233 g/mol. The van der Waals surface area contributed by atoms with Crippen LogP contribution < -0.4 is 4.74 Å². The van der Waals surface area contributed by atoms with Gasteiger partial charge in [-0.05, 0) is 50.2 Å². The van der Waals surface area contributed by atoms with E-state index in [9.17, 15) is 0 Å². The van der Waals surface area contributed by atoms with E-state index >= 15 is 0 Å². The van der Waals surface area contributed by atoms with Crippen LogP contribution in [-0.4, -0.2) is 4.98 Å². The molecule has 1 heterocycles. The maximum Gasteiger partial charge on any atom is 0.148 e. The number of rotatable bonds is 2. The highest BCUT2D eigenvalue weighted by atomic mass is 35.5. The van der Waals surface area contributed by atoms with Gasteiger partial charge in [0.15, 0.2) is 0 Å². The number of hydrogen-bond donors (Lipinski definition) is 0. The lowest BCUT2D eigenvalue weighted by molar-refractivity contribution is 0.475. The smallest absolute Gasteiger partial charge is 0.148 e. The van der Waals surface area contributed by atoms with E-state index in [0.717, 1.165) is 22.9 Å². The molecule has 0 atom stereocenters. The van der Waals surface area contributed by atoms with Crippen molar-refractivity contribution in [2.45, 2.75) is 13.8 Å². The number of benzene rings is 1. The standard InChI is InChI=1S/C13H12ClNO/c1-9-3-8-13(10(2)15-9)16-12-6-4-11(14)5-7-12/h3-8H,1-2H3. The fourth-order valence-corrected chi connectivity index (χ4v) is 1.54. The number of aromatic nitrogens is 1. The van der Waals surface area contributed by atoms with E-state index in [2.05, 4.69) is 4.98 Å². The van der Waals surface area contributed by atoms with Gasteiger partial charge >= 0.3 is 0 Å². The summed E-state index contributed by atoms with van der Waals surface area (Å²) in [7, 11) is 0. The summed E-state index contributed by atoms with van der Waals surface area (Å²) < 4.78 is 5.70. The third kappa shape index (κ3) is 2.52. The molecule has 2 aromatic rings. The molecule has 16 heavy (non-hydrogen) atoms. The number of halogens is 1. The molecule has 1 aromatic carbocycles. The number of aryl methyl sites for hydroxylation is 2. The molecule has 0 amide bonds. The Balaban J connectivity index is 2.23. The number of nitrogens with zero attached hydrogens (tertiary/aromatic N) is 1. The molecule has 0 unspecified atom stereocenters. The summed E-state index contributed by atoms with van der Waals surface area (Å²) in [6, 6.07) is 11.1. The Morgan fingerprint density at radius 1 is 1.00 bits per heavy atom. The topological polar surface area (TPSA) is 22.1 Å². The van der Waals surface area contributed by atoms with E-state index in [4.69, 9.17) is 16.3 Å². The van der Waals surface area contributed by atoms with E-state index in [0.29, 0.717) is 5.02 Å². The van der Waals surface area contributed by atoms with Gasteiger partial charge in [-0.15, -0.1) is 0 Å². The number of hydrogen-bond acceptors (Lipinski definition) is 2. The summed E-state index contributed by atoms with van der Waals surface area (Å²) in [5, 5.41) is 0.700. The normalized spacial score (nSPS) is 10.2. The van der Waals surface area contributed by atoms with Crippen LogP contribution in [-0.2, 0) is 0 Å². The van der Waals surface area contributed by atoms with Gasteiger partial charge in [0.2, 0.25) is 0 Å². The predicted molar refractivity (Wildman–Crippen MR) is 65.2 cm³/mol. The summed E-state index contributed by atoms with van der Waals surface area (Å²) in [6.07, 6.45) is 0. The lowest BCUT2D eigenvalue weighted by Crippen LogP contribution is -1.91. The third-order valence-electron chi connectivity index (χ3n) is 2.22. The summed E-state index contributed by atoms with van der Waals surface area (Å²) in [4.78, 5) is 4.34. The Morgan fingerprint density at radius 2 is 1.69 bits per heavy atom. The van der Waals surface area contributed by atoms with Crippen LogP contribution in [0, 0.1) is 13.8 Å². The van der Waals surface area contributed by atoms with E-state index in [1.54, 1.807) is 12.1 Å². The minimum Gasteiger partial charge on any atom is -0.455 e. The van der Waals surface area contributed by atoms with E-state index in [1.165, 1.54) is 0 Å². The van der Waals surface area contributed by atoms with Crippen molar-refractivity contribution in [3.8, 4) is 11.5 Å². The second-order valence-corrected chi connectivity index (χ2v) is 4.03. The highest BCUT2D eigenvalue weighted by Crippen LogP contribution is 2.25. The molecule has 0 aliphatic rings. The lowest BCUT2D eigenvalue weighted by Gasteiger charge is -2.08. The first kappa shape index (κ1) is 11.0. The molecule has 2 rings (SSSR count). The van der Waals surface area contributed by atoms with Crippen LogP contribution in [0.4, 0.5) is 0 Å². The van der Waals surface area contributed by atoms with Gasteiger partial charge in [0, 0.05) is 10.7 Å². The predicted octanol–water partition coefficient (Wildman–Crippen LogP) is 4.14. The highest BCUT2D eigenvalue weighted by molar-refractivity contribution is 6.30. The fourth-order valence-electron chi connectivity index (χ4n) is 1.41. The van der Waals surface area contributed by atoms with E-state index < -0.39 is 0 Å². The molecule has 3 heteroatoms. The molecular weight excluding hydrogens is 222 g/mol. The molecule has 0 N–H and O–H groups in total. The molecule has 0 saturated carbocycles. The maximum absolute atomic E-state index is 5.80. The van der Waals surface area contributed by atoms with Gasteiger partial charge in [0.1, 0.15) is 11.5 Å². The average molecular weight is 234 g/mol. The van der Waals surface area contributed by atoms with Crippen LogP contribution >= 0.6 is 11.6 Å². The zero-order valence-corrected chi connectivity index (χ0v) is 9.95. The minimum atomic E-state index is 0.700. The first-order valence-electron chi connectivity index (χ1n) is 5.03. The van der Waals surface area contributed by atoms with Gasteiger partial charge in [-0.3, -0.25) is 4.98 Å². The van der Waals surface area contributed by atoms with Gasteiger partial charge in [-0.1, -0.05) is 11.6 Å². The quantitative estimate of drug-likeness (QED) is 0.778. The van der Waals surface area contributed by atoms with Crippen LogP contribution in [0.25, 0.3) is 0 Å². The Bertz CT molecular complexity index is 494. The van der Waals surface area contributed by atoms with Crippen molar-refractivity contribution < 1.29 is 4.74 Å². The zero-order valence-electron chi connectivity index (χ0n) is 9.20. The first-order valence-corrected chi connectivity index (χ1v) is 5.40. The number of ether oxygens (including phenoxy) is 1. The first-order chi connectivity index (χ1) is 7.65. The van der Waals surface area contributed by atoms with Crippen molar-refractivity contribution in [2.24, 2.45) is 0 Å². The molecule has 0 fully saturated rings. The van der Waals surface area contributed by atoms with Crippen molar-refractivity contribution in [3.05, 3.63) is 52.8 Å². The molecular formula is C13H12ClNO.